The van der Waals surface area contributed by atoms with E-state index in [1.165, 1.54) is 0 Å². The minimum Gasteiger partial charge on any atom is -0.435 e. The summed E-state index contributed by atoms with van der Waals surface area (Å²) in [6, 6.07) is 9.37. The van der Waals surface area contributed by atoms with Crippen LogP contribution in [-0.4, -0.2) is 46.0 Å². The summed E-state index contributed by atoms with van der Waals surface area (Å²) in [5.41, 5.74) is 0.944. The van der Waals surface area contributed by atoms with E-state index >= 15 is 0 Å². The number of likely N-dealkylation sites (tertiary alicyclic amines) is 1. The zero-order valence-corrected chi connectivity index (χ0v) is 13.8. The summed E-state index contributed by atoms with van der Waals surface area (Å²) in [4.78, 5) is 24.6. The number of hydrogen-bond donors (Lipinski definition) is 3. The van der Waals surface area contributed by atoms with Crippen LogP contribution in [0.3, 0.4) is 0 Å². The van der Waals surface area contributed by atoms with Crippen LogP contribution < -0.4 is 5.32 Å². The summed E-state index contributed by atoms with van der Waals surface area (Å²) in [6.45, 7) is 3.84. The molecule has 0 spiro atoms. The monoisotopic (exact) mass is 323 g/mol. The van der Waals surface area contributed by atoms with Crippen LogP contribution in [0.5, 0.6) is 0 Å². The Kier molecular flexibility index (Phi) is 5.13. The lowest BCUT2D eigenvalue weighted by molar-refractivity contribution is -0.794. The number of benzene rings is 1. The molecule has 2 amide bonds. The molecule has 4 atom stereocenters. The standard InChI is InChI=1S/C16H22N2O3S/c1-11(10-22)15(19)18(16(20)21)9-14(8-12(18)2)17-13-6-4-3-5-7-13/h3-7,11-12,14,17H,8-10H2,1-2H3,(H-,20,21,22)/p+1/t11?,12-,14+,18+/m1/s1. The first-order valence-corrected chi connectivity index (χ1v) is 8.13. The maximum absolute atomic E-state index is 12.7. The number of carbonyl (C=O) groups excluding carboxylic acids is 1. The molecule has 6 heteroatoms. The van der Waals surface area contributed by atoms with Gasteiger partial charge < -0.3 is 10.4 Å². The van der Waals surface area contributed by atoms with Crippen LogP contribution in [0, 0.1) is 5.92 Å². The van der Waals surface area contributed by atoms with Crippen molar-refractivity contribution in [3.8, 4) is 0 Å². The zero-order valence-electron chi connectivity index (χ0n) is 12.9. The predicted molar refractivity (Wildman–Crippen MR) is 89.1 cm³/mol. The first kappa shape index (κ1) is 16.8. The minimum atomic E-state index is -1.07. The highest BCUT2D eigenvalue weighted by Gasteiger charge is 2.57. The molecule has 0 aromatic heterocycles. The molecule has 1 fully saturated rings. The van der Waals surface area contributed by atoms with E-state index < -0.39 is 10.6 Å². The number of anilines is 1. The number of hydrogen-bond acceptors (Lipinski definition) is 4. The second-order valence-corrected chi connectivity index (χ2v) is 6.41. The third kappa shape index (κ3) is 2.98. The average Bonchev–Trinajstić information content (AvgIpc) is 2.84. The van der Waals surface area contributed by atoms with Crippen LogP contribution in [0.15, 0.2) is 30.3 Å². The number of quaternary nitrogens is 1. The molecular weight excluding hydrogens is 300 g/mol. The number of rotatable bonds is 4. The topological polar surface area (TPSA) is 66.4 Å². The summed E-state index contributed by atoms with van der Waals surface area (Å²) >= 11 is 4.15. The fourth-order valence-corrected chi connectivity index (χ4v) is 3.36. The average molecular weight is 323 g/mol. The van der Waals surface area contributed by atoms with Crippen LogP contribution in [0.1, 0.15) is 20.3 Å². The molecule has 0 aliphatic carbocycles. The molecule has 1 aromatic carbocycles. The maximum atomic E-state index is 12.7. The van der Waals surface area contributed by atoms with Gasteiger partial charge in [0.15, 0.2) is 0 Å². The second kappa shape index (κ2) is 6.71. The third-order valence-corrected chi connectivity index (χ3v) is 5.01. The first-order chi connectivity index (χ1) is 10.4. The van der Waals surface area contributed by atoms with Gasteiger partial charge >= 0.3 is 12.0 Å². The fourth-order valence-electron chi connectivity index (χ4n) is 3.21. The first-order valence-electron chi connectivity index (χ1n) is 7.50. The smallest absolute Gasteiger partial charge is 0.435 e. The van der Waals surface area contributed by atoms with Crippen molar-refractivity contribution in [2.24, 2.45) is 5.92 Å². The lowest BCUT2D eigenvalue weighted by atomic mass is 10.1. The van der Waals surface area contributed by atoms with Crippen molar-refractivity contribution < 1.29 is 19.2 Å². The number of para-hydroxylation sites is 1. The molecule has 120 valence electrons. The number of nitrogens with one attached hydrogen (secondary N) is 1. The Morgan fingerprint density at radius 2 is 2.05 bits per heavy atom. The van der Waals surface area contributed by atoms with Crippen molar-refractivity contribution in [3.63, 3.8) is 0 Å². The van der Waals surface area contributed by atoms with Crippen LogP contribution >= 0.6 is 12.6 Å². The number of thiol groups is 1. The van der Waals surface area contributed by atoms with E-state index in [0.29, 0.717) is 12.2 Å². The van der Waals surface area contributed by atoms with Crippen LogP contribution in [0.2, 0.25) is 0 Å². The predicted octanol–water partition coefficient (Wildman–Crippen LogP) is 2.85. The Labute approximate surface area is 136 Å². The molecule has 2 N–H and O–H groups in total. The number of carbonyl (C=O) groups is 2. The van der Waals surface area contributed by atoms with E-state index in [0.717, 1.165) is 5.69 Å². The molecule has 1 heterocycles. The van der Waals surface area contributed by atoms with Gasteiger partial charge in [-0.3, -0.25) is 0 Å². The third-order valence-electron chi connectivity index (χ3n) is 4.46. The lowest BCUT2D eigenvalue weighted by Gasteiger charge is -2.31. The molecule has 0 bridgehead atoms. The Morgan fingerprint density at radius 1 is 1.41 bits per heavy atom. The molecule has 1 saturated heterocycles. The van der Waals surface area contributed by atoms with Gasteiger partial charge in [0, 0.05) is 17.9 Å². The van der Waals surface area contributed by atoms with E-state index in [-0.39, 0.29) is 30.5 Å². The largest absolute Gasteiger partial charge is 0.521 e. The molecule has 22 heavy (non-hydrogen) atoms. The van der Waals surface area contributed by atoms with Gasteiger partial charge in [-0.15, -0.1) is 0 Å². The zero-order chi connectivity index (χ0) is 16.3. The Bertz CT molecular complexity index is 552. The molecular formula is C16H23N2O3S+. The van der Waals surface area contributed by atoms with Gasteiger partial charge in [-0.2, -0.15) is 21.9 Å². The Hall–Kier alpha value is -1.53. The van der Waals surface area contributed by atoms with Gasteiger partial charge in [0.1, 0.15) is 12.6 Å². The number of imide groups is 1. The highest BCUT2D eigenvalue weighted by Crippen LogP contribution is 2.32. The van der Waals surface area contributed by atoms with Crippen molar-refractivity contribution in [3.05, 3.63) is 30.3 Å². The molecule has 1 aliphatic rings. The minimum absolute atomic E-state index is 0.0374. The van der Waals surface area contributed by atoms with Crippen molar-refractivity contribution in [1.82, 2.24) is 0 Å². The van der Waals surface area contributed by atoms with E-state index in [1.54, 1.807) is 6.92 Å². The van der Waals surface area contributed by atoms with Gasteiger partial charge in [0.25, 0.3) is 0 Å². The van der Waals surface area contributed by atoms with Crippen molar-refractivity contribution >= 4 is 30.3 Å². The van der Waals surface area contributed by atoms with Crippen molar-refractivity contribution in [2.75, 3.05) is 17.6 Å². The lowest BCUT2D eigenvalue weighted by Crippen LogP contribution is -2.61. The van der Waals surface area contributed by atoms with Crippen molar-refractivity contribution in [1.29, 1.82) is 0 Å². The molecule has 2 rings (SSSR count). The molecule has 5 nitrogen and oxygen atoms in total. The van der Waals surface area contributed by atoms with Crippen LogP contribution in [-0.2, 0) is 4.79 Å². The molecule has 0 radical (unpaired) electrons. The van der Waals surface area contributed by atoms with Crippen molar-refractivity contribution in [2.45, 2.75) is 32.4 Å². The van der Waals surface area contributed by atoms with Crippen LogP contribution in [0.4, 0.5) is 10.5 Å². The van der Waals surface area contributed by atoms with Gasteiger partial charge in [0.2, 0.25) is 0 Å². The second-order valence-electron chi connectivity index (χ2n) is 6.05. The summed E-state index contributed by atoms with van der Waals surface area (Å²) in [5, 5.41) is 13.1. The molecule has 1 aliphatic heterocycles. The summed E-state index contributed by atoms with van der Waals surface area (Å²) < 4.78 is -0.508. The Morgan fingerprint density at radius 3 is 2.59 bits per heavy atom. The molecule has 1 unspecified atom stereocenters. The normalized spacial score (nSPS) is 29.0. The van der Waals surface area contributed by atoms with Crippen LogP contribution in [0.25, 0.3) is 0 Å². The SMILES string of the molecule is CC(CS)C(=O)[N@+]1(C(=O)O)C[C@@H](Nc2ccccc2)C[C@H]1C. The quantitative estimate of drug-likeness (QED) is 0.589. The fraction of sp³-hybridized carbons (Fsp3) is 0.500. The number of carboxylic acid groups (broad SMARTS) is 1. The molecule has 0 saturated carbocycles. The molecule has 1 aromatic rings. The Balaban J connectivity index is 2.22. The highest BCUT2D eigenvalue weighted by molar-refractivity contribution is 7.80. The highest BCUT2D eigenvalue weighted by atomic mass is 32.1. The van der Waals surface area contributed by atoms with E-state index in [9.17, 15) is 14.7 Å². The van der Waals surface area contributed by atoms with E-state index in [2.05, 4.69) is 17.9 Å². The van der Waals surface area contributed by atoms with E-state index in [4.69, 9.17) is 0 Å². The van der Waals surface area contributed by atoms with Gasteiger partial charge in [-0.05, 0) is 26.0 Å². The maximum Gasteiger partial charge on any atom is 0.521 e. The van der Waals surface area contributed by atoms with Gasteiger partial charge in [-0.1, -0.05) is 18.2 Å². The van der Waals surface area contributed by atoms with E-state index in [1.807, 2.05) is 37.3 Å². The van der Waals surface area contributed by atoms with Gasteiger partial charge in [-0.25, -0.2) is 4.79 Å². The number of nitrogens with zero attached hydrogens (tertiary/aromatic N) is 1. The summed E-state index contributed by atoms with van der Waals surface area (Å²) in [7, 11) is 0. The number of amides is 2. The summed E-state index contributed by atoms with van der Waals surface area (Å²) in [6.07, 6.45) is -0.421. The summed E-state index contributed by atoms with van der Waals surface area (Å²) in [5.74, 6) is -0.278. The van der Waals surface area contributed by atoms with Gasteiger partial charge in [0.05, 0.1) is 12.0 Å².